The number of piperazine rings is 2. The van der Waals surface area contributed by atoms with Crippen molar-refractivity contribution in [3.63, 3.8) is 0 Å². The van der Waals surface area contributed by atoms with Crippen LogP contribution >= 0.6 is 11.6 Å². The number of amides is 2. The van der Waals surface area contributed by atoms with Crippen molar-refractivity contribution < 1.29 is 18.0 Å². The molecule has 4 aromatic rings. The lowest BCUT2D eigenvalue weighted by atomic mass is 10.1. The fourth-order valence-corrected chi connectivity index (χ4v) is 8.03. The topological polar surface area (TPSA) is 95.0 Å². The fraction of sp³-hybridized carbons (Fsp3) is 0.333. The second-order valence-corrected chi connectivity index (χ2v) is 14.1. The summed E-state index contributed by atoms with van der Waals surface area (Å²) in [5.74, 6) is -0.459. The molecule has 3 aromatic carbocycles. The number of hydrogen-bond donors (Lipinski definition) is 1. The first-order chi connectivity index (χ1) is 21.1. The van der Waals surface area contributed by atoms with Gasteiger partial charge in [-0.05, 0) is 68.4 Å². The first-order valence-electron chi connectivity index (χ1n) is 14.9. The molecule has 0 spiro atoms. The van der Waals surface area contributed by atoms with Crippen molar-refractivity contribution in [1.82, 2.24) is 24.6 Å². The van der Waals surface area contributed by atoms with Gasteiger partial charge < -0.3 is 19.7 Å². The van der Waals surface area contributed by atoms with Crippen LogP contribution in [-0.2, 0) is 9.84 Å². The molecule has 2 aliphatic heterocycles. The zero-order valence-corrected chi connectivity index (χ0v) is 26.4. The van der Waals surface area contributed by atoms with E-state index in [4.69, 9.17) is 11.6 Å². The van der Waals surface area contributed by atoms with E-state index >= 15 is 0 Å². The summed E-state index contributed by atoms with van der Waals surface area (Å²) in [5.41, 5.74) is 2.23. The third kappa shape index (κ3) is 5.75. The number of fused-ring (bicyclic) bond motifs is 1. The molecule has 0 radical (unpaired) electrons. The average Bonchev–Trinajstić information content (AvgIpc) is 3.43. The summed E-state index contributed by atoms with van der Waals surface area (Å²) in [4.78, 5) is 33.8. The van der Waals surface area contributed by atoms with Gasteiger partial charge in [0.15, 0.2) is 5.37 Å². The van der Waals surface area contributed by atoms with Crippen LogP contribution in [0.15, 0.2) is 83.8 Å². The van der Waals surface area contributed by atoms with E-state index in [0.717, 1.165) is 18.6 Å². The lowest BCUT2D eigenvalue weighted by molar-refractivity contribution is 0.0595. The second-order valence-electron chi connectivity index (χ2n) is 11.6. The summed E-state index contributed by atoms with van der Waals surface area (Å²) in [6.45, 7) is 8.09. The molecule has 11 heteroatoms. The van der Waals surface area contributed by atoms with E-state index in [-0.39, 0.29) is 23.9 Å². The highest BCUT2D eigenvalue weighted by Gasteiger charge is 2.39. The Morgan fingerprint density at radius 2 is 1.61 bits per heavy atom. The van der Waals surface area contributed by atoms with Crippen LogP contribution in [0, 0.1) is 0 Å². The van der Waals surface area contributed by atoms with E-state index < -0.39 is 21.1 Å². The Kier molecular flexibility index (Phi) is 8.52. The molecule has 2 amide bonds. The number of carbonyl (C=O) groups is 2. The summed E-state index contributed by atoms with van der Waals surface area (Å²) in [7, 11) is -3.86. The van der Waals surface area contributed by atoms with Gasteiger partial charge in [0.05, 0.1) is 10.4 Å². The van der Waals surface area contributed by atoms with E-state index in [9.17, 15) is 18.0 Å². The molecular weight excluding hydrogens is 598 g/mol. The molecule has 2 aliphatic rings. The Labute approximate surface area is 262 Å². The van der Waals surface area contributed by atoms with Crippen molar-refractivity contribution in [1.29, 1.82) is 0 Å². The van der Waals surface area contributed by atoms with Gasteiger partial charge in [-0.2, -0.15) is 0 Å². The molecule has 0 saturated carbocycles. The molecule has 1 atom stereocenters. The van der Waals surface area contributed by atoms with Gasteiger partial charge in [0.25, 0.3) is 11.8 Å². The van der Waals surface area contributed by atoms with Crippen LogP contribution in [0.4, 0.5) is 0 Å². The maximum absolute atomic E-state index is 14.4. The zero-order valence-electron chi connectivity index (χ0n) is 24.8. The lowest BCUT2D eigenvalue weighted by Gasteiger charge is -2.37. The van der Waals surface area contributed by atoms with Crippen LogP contribution in [-0.4, -0.2) is 96.7 Å². The first-order valence-corrected chi connectivity index (χ1v) is 16.8. The predicted molar refractivity (Wildman–Crippen MR) is 172 cm³/mol. The molecule has 1 aromatic heterocycles. The molecule has 1 unspecified atom stereocenters. The minimum Gasteiger partial charge on any atom is -0.336 e. The molecule has 2 saturated heterocycles. The summed E-state index contributed by atoms with van der Waals surface area (Å²) in [6.07, 6.45) is 0. The fourth-order valence-electron chi connectivity index (χ4n) is 6.13. The normalized spacial score (nSPS) is 18.2. The number of halogens is 1. The van der Waals surface area contributed by atoms with Gasteiger partial charge in [-0.1, -0.05) is 35.9 Å². The Balaban J connectivity index is 1.40. The van der Waals surface area contributed by atoms with Gasteiger partial charge in [-0.15, -0.1) is 0 Å². The Bertz CT molecular complexity index is 1800. The summed E-state index contributed by atoms with van der Waals surface area (Å²) < 4.78 is 29.3. The van der Waals surface area contributed by atoms with Crippen molar-refractivity contribution >= 4 is 44.2 Å². The van der Waals surface area contributed by atoms with Crippen LogP contribution in [0.3, 0.4) is 0 Å². The van der Waals surface area contributed by atoms with Crippen molar-refractivity contribution in [2.75, 3.05) is 45.8 Å². The number of nitrogens with zero attached hydrogens (tertiary/aromatic N) is 4. The maximum atomic E-state index is 14.4. The lowest BCUT2D eigenvalue weighted by Crippen LogP contribution is -2.57. The van der Waals surface area contributed by atoms with Crippen LogP contribution in [0.25, 0.3) is 16.6 Å². The summed E-state index contributed by atoms with van der Waals surface area (Å²) in [5, 5.41) is 3.27. The molecule has 44 heavy (non-hydrogen) atoms. The van der Waals surface area contributed by atoms with Crippen LogP contribution in [0.5, 0.6) is 0 Å². The highest BCUT2D eigenvalue weighted by atomic mass is 35.5. The Morgan fingerprint density at radius 3 is 2.32 bits per heavy atom. The van der Waals surface area contributed by atoms with Gasteiger partial charge in [0.2, 0.25) is 9.84 Å². The second kappa shape index (κ2) is 12.4. The molecular formula is C33H36ClN5O4S. The maximum Gasteiger partial charge on any atom is 0.272 e. The molecule has 2 fully saturated rings. The quantitative estimate of drug-likeness (QED) is 0.340. The predicted octanol–water partition coefficient (Wildman–Crippen LogP) is 4.30. The van der Waals surface area contributed by atoms with Gasteiger partial charge in [0.1, 0.15) is 5.69 Å². The Morgan fingerprint density at radius 1 is 0.864 bits per heavy atom. The third-order valence-electron chi connectivity index (χ3n) is 8.55. The Hall–Kier alpha value is -3.70. The molecule has 0 aliphatic carbocycles. The standard InChI is InChI=1S/C33H36ClN5O4S/c1-23(2)36-15-17-37(18-16-36)32(40)24-11-12-29-25(19-24)20-30(39(29)27-8-6-7-26(34)21-27)33(41)38-14-13-35-22-31(38)44(42,43)28-9-4-3-5-10-28/h3-12,19-21,23,31,35H,13-18,22H2,1-2H3. The van der Waals surface area contributed by atoms with Gasteiger partial charge in [-0.3, -0.25) is 14.5 Å². The van der Waals surface area contributed by atoms with Crippen LogP contribution in [0.2, 0.25) is 5.02 Å². The van der Waals surface area contributed by atoms with Crippen LogP contribution in [0.1, 0.15) is 34.7 Å². The number of aromatic nitrogens is 1. The minimum absolute atomic E-state index is 0.0465. The van der Waals surface area contributed by atoms with E-state index in [1.807, 2.05) is 23.1 Å². The first kappa shape index (κ1) is 30.3. The van der Waals surface area contributed by atoms with E-state index in [2.05, 4.69) is 24.1 Å². The molecule has 6 rings (SSSR count). The zero-order chi connectivity index (χ0) is 31.0. The van der Waals surface area contributed by atoms with Gasteiger partial charge in [-0.25, -0.2) is 8.42 Å². The largest absolute Gasteiger partial charge is 0.336 e. The van der Waals surface area contributed by atoms with E-state index in [1.54, 1.807) is 65.2 Å². The number of carbonyl (C=O) groups excluding carboxylic acids is 2. The number of benzene rings is 3. The monoisotopic (exact) mass is 633 g/mol. The number of hydrogen-bond acceptors (Lipinski definition) is 6. The SMILES string of the molecule is CC(C)N1CCN(C(=O)c2ccc3c(c2)cc(C(=O)N2CCNCC2S(=O)(=O)c2ccccc2)n3-c2cccc(Cl)c2)CC1. The summed E-state index contributed by atoms with van der Waals surface area (Å²) >= 11 is 6.38. The minimum atomic E-state index is -3.86. The average molecular weight is 634 g/mol. The van der Waals surface area contributed by atoms with E-state index in [1.165, 1.54) is 4.90 Å². The number of sulfone groups is 1. The molecule has 0 bridgehead atoms. The number of rotatable bonds is 6. The van der Waals surface area contributed by atoms with E-state index in [0.29, 0.717) is 53.0 Å². The summed E-state index contributed by atoms with van der Waals surface area (Å²) in [6, 6.07) is 23.0. The van der Waals surface area contributed by atoms with Gasteiger partial charge >= 0.3 is 0 Å². The van der Waals surface area contributed by atoms with Crippen molar-refractivity contribution in [3.05, 3.63) is 95.1 Å². The van der Waals surface area contributed by atoms with Crippen molar-refractivity contribution in [3.8, 4) is 5.69 Å². The van der Waals surface area contributed by atoms with Crippen LogP contribution < -0.4 is 5.32 Å². The molecule has 3 heterocycles. The smallest absolute Gasteiger partial charge is 0.272 e. The molecule has 9 nitrogen and oxygen atoms in total. The highest BCUT2D eigenvalue weighted by molar-refractivity contribution is 7.92. The van der Waals surface area contributed by atoms with Crippen molar-refractivity contribution in [2.24, 2.45) is 0 Å². The molecule has 230 valence electrons. The number of nitrogens with one attached hydrogen (secondary N) is 1. The van der Waals surface area contributed by atoms with Crippen molar-refractivity contribution in [2.45, 2.75) is 30.2 Å². The highest BCUT2D eigenvalue weighted by Crippen LogP contribution is 2.30. The van der Waals surface area contributed by atoms with Gasteiger partial charge in [0, 0.05) is 73.5 Å². The molecule has 1 N–H and O–H groups in total. The third-order valence-corrected chi connectivity index (χ3v) is 10.9.